The largest absolute Gasteiger partial charge is 0.393 e. The first-order valence-corrected chi connectivity index (χ1v) is 6.13. The molecule has 0 fully saturated rings. The SMILES string of the molecule is CC(O)CCN(C)C(C(N)=O)c1ccc(C#N)cc1. The number of hydrogen-bond acceptors (Lipinski definition) is 4. The maximum absolute atomic E-state index is 11.6. The van der Waals surface area contributed by atoms with E-state index >= 15 is 0 Å². The molecule has 1 aromatic carbocycles. The Bertz CT molecular complexity index is 463. The van der Waals surface area contributed by atoms with E-state index in [-0.39, 0.29) is 0 Å². The highest BCUT2D eigenvalue weighted by Crippen LogP contribution is 2.20. The molecular formula is C14H19N3O2. The Morgan fingerprint density at radius 2 is 2.05 bits per heavy atom. The number of aliphatic hydroxyl groups excluding tert-OH is 1. The molecule has 0 aromatic heterocycles. The summed E-state index contributed by atoms with van der Waals surface area (Å²) in [6, 6.07) is 8.26. The number of nitriles is 1. The lowest BCUT2D eigenvalue weighted by molar-refractivity contribution is -0.123. The van der Waals surface area contributed by atoms with Crippen LogP contribution in [0.1, 0.15) is 30.5 Å². The van der Waals surface area contributed by atoms with E-state index in [0.717, 1.165) is 5.56 Å². The minimum absolute atomic E-state index is 0.419. The summed E-state index contributed by atoms with van der Waals surface area (Å²) in [5.74, 6) is -0.446. The third-order valence-corrected chi connectivity index (χ3v) is 2.97. The summed E-state index contributed by atoms with van der Waals surface area (Å²) in [6.07, 6.45) is 0.147. The van der Waals surface area contributed by atoms with Crippen LogP contribution in [0.4, 0.5) is 0 Å². The molecule has 0 aliphatic heterocycles. The quantitative estimate of drug-likeness (QED) is 0.792. The molecule has 0 heterocycles. The van der Waals surface area contributed by atoms with Crippen LogP contribution in [-0.2, 0) is 4.79 Å². The standard InChI is InChI=1S/C14H19N3O2/c1-10(18)7-8-17(2)13(14(16)19)12-5-3-11(9-15)4-6-12/h3-6,10,13,18H,7-8H2,1-2H3,(H2,16,19). The smallest absolute Gasteiger partial charge is 0.239 e. The van der Waals surface area contributed by atoms with Gasteiger partial charge in [0, 0.05) is 6.54 Å². The number of aliphatic hydroxyl groups is 1. The summed E-state index contributed by atoms with van der Waals surface area (Å²) in [4.78, 5) is 13.4. The first kappa shape index (κ1) is 15.2. The van der Waals surface area contributed by atoms with E-state index in [0.29, 0.717) is 18.5 Å². The van der Waals surface area contributed by atoms with Gasteiger partial charge in [-0.05, 0) is 38.1 Å². The van der Waals surface area contributed by atoms with Gasteiger partial charge in [0.2, 0.25) is 5.91 Å². The van der Waals surface area contributed by atoms with Gasteiger partial charge in [0.25, 0.3) is 0 Å². The number of nitrogens with zero attached hydrogens (tertiary/aromatic N) is 2. The van der Waals surface area contributed by atoms with Gasteiger partial charge in [0.05, 0.1) is 17.7 Å². The number of carbonyl (C=O) groups excluding carboxylic acids is 1. The average molecular weight is 261 g/mol. The molecule has 102 valence electrons. The van der Waals surface area contributed by atoms with Gasteiger partial charge in [-0.2, -0.15) is 5.26 Å². The Kier molecular flexibility index (Phi) is 5.49. The molecule has 5 heteroatoms. The lowest BCUT2D eigenvalue weighted by Gasteiger charge is -2.26. The Balaban J connectivity index is 2.87. The molecule has 0 radical (unpaired) electrons. The van der Waals surface area contributed by atoms with Crippen molar-refractivity contribution in [3.8, 4) is 6.07 Å². The Labute approximate surface area is 113 Å². The Hall–Kier alpha value is -1.90. The second-order valence-corrected chi connectivity index (χ2v) is 4.66. The predicted molar refractivity (Wildman–Crippen MR) is 72.0 cm³/mol. The molecule has 0 saturated carbocycles. The van der Waals surface area contributed by atoms with Crippen molar-refractivity contribution in [2.24, 2.45) is 5.73 Å². The predicted octanol–water partition coefficient (Wildman–Crippen LogP) is 0.787. The van der Waals surface area contributed by atoms with E-state index < -0.39 is 18.1 Å². The van der Waals surface area contributed by atoms with E-state index in [1.54, 1.807) is 43.1 Å². The van der Waals surface area contributed by atoms with Gasteiger partial charge in [-0.3, -0.25) is 9.69 Å². The second kappa shape index (κ2) is 6.88. The molecule has 0 bridgehead atoms. The molecule has 1 aromatic rings. The van der Waals surface area contributed by atoms with Crippen LogP contribution < -0.4 is 5.73 Å². The van der Waals surface area contributed by atoms with Crippen molar-refractivity contribution in [2.75, 3.05) is 13.6 Å². The molecule has 2 unspecified atom stereocenters. The molecular weight excluding hydrogens is 242 g/mol. The minimum atomic E-state index is -0.550. The van der Waals surface area contributed by atoms with Gasteiger partial charge in [-0.25, -0.2) is 0 Å². The highest BCUT2D eigenvalue weighted by Gasteiger charge is 2.22. The zero-order valence-electron chi connectivity index (χ0n) is 11.2. The van der Waals surface area contributed by atoms with Crippen molar-refractivity contribution in [1.29, 1.82) is 5.26 Å². The molecule has 0 spiro atoms. The van der Waals surface area contributed by atoms with E-state index in [4.69, 9.17) is 11.0 Å². The van der Waals surface area contributed by atoms with Crippen LogP contribution in [0, 0.1) is 11.3 Å². The lowest BCUT2D eigenvalue weighted by atomic mass is 10.0. The fraction of sp³-hybridized carbons (Fsp3) is 0.429. The van der Waals surface area contributed by atoms with Crippen molar-refractivity contribution in [3.05, 3.63) is 35.4 Å². The molecule has 0 aliphatic rings. The topological polar surface area (TPSA) is 90.3 Å². The number of likely N-dealkylation sites (N-methyl/N-ethyl adjacent to an activating group) is 1. The van der Waals surface area contributed by atoms with Gasteiger partial charge >= 0.3 is 0 Å². The van der Waals surface area contributed by atoms with Crippen molar-refractivity contribution >= 4 is 5.91 Å². The van der Waals surface area contributed by atoms with E-state index in [1.165, 1.54) is 0 Å². The first-order valence-electron chi connectivity index (χ1n) is 6.13. The fourth-order valence-electron chi connectivity index (χ4n) is 1.90. The maximum atomic E-state index is 11.6. The minimum Gasteiger partial charge on any atom is -0.393 e. The molecule has 0 saturated heterocycles. The molecule has 1 rings (SSSR count). The van der Waals surface area contributed by atoms with Crippen LogP contribution in [0.5, 0.6) is 0 Å². The monoisotopic (exact) mass is 261 g/mol. The molecule has 0 aliphatic carbocycles. The van der Waals surface area contributed by atoms with Crippen molar-refractivity contribution < 1.29 is 9.90 Å². The zero-order chi connectivity index (χ0) is 14.4. The highest BCUT2D eigenvalue weighted by atomic mass is 16.3. The first-order chi connectivity index (χ1) is 8.95. The summed E-state index contributed by atoms with van der Waals surface area (Å²) >= 11 is 0. The van der Waals surface area contributed by atoms with E-state index in [1.807, 2.05) is 6.07 Å². The number of benzene rings is 1. The van der Waals surface area contributed by atoms with Crippen molar-refractivity contribution in [1.82, 2.24) is 4.90 Å². The third-order valence-electron chi connectivity index (χ3n) is 2.97. The van der Waals surface area contributed by atoms with Crippen LogP contribution in [0.3, 0.4) is 0 Å². The molecule has 3 N–H and O–H groups in total. The number of hydrogen-bond donors (Lipinski definition) is 2. The number of amides is 1. The van der Waals surface area contributed by atoms with Gasteiger partial charge < -0.3 is 10.8 Å². The summed E-state index contributed by atoms with van der Waals surface area (Å²) in [5.41, 5.74) is 6.73. The van der Waals surface area contributed by atoms with Crippen LogP contribution >= 0.6 is 0 Å². The second-order valence-electron chi connectivity index (χ2n) is 4.66. The van der Waals surface area contributed by atoms with Gasteiger partial charge in [0.1, 0.15) is 6.04 Å². The van der Waals surface area contributed by atoms with Crippen LogP contribution in [0.15, 0.2) is 24.3 Å². The molecule has 2 atom stereocenters. The van der Waals surface area contributed by atoms with Gasteiger partial charge in [0.15, 0.2) is 0 Å². The van der Waals surface area contributed by atoms with Crippen LogP contribution in [-0.4, -0.2) is 35.6 Å². The number of carbonyl (C=O) groups is 1. The van der Waals surface area contributed by atoms with Crippen LogP contribution in [0.25, 0.3) is 0 Å². The van der Waals surface area contributed by atoms with Crippen molar-refractivity contribution in [2.45, 2.75) is 25.5 Å². The molecule has 1 amide bonds. The highest BCUT2D eigenvalue weighted by molar-refractivity contribution is 5.81. The maximum Gasteiger partial charge on any atom is 0.239 e. The van der Waals surface area contributed by atoms with Gasteiger partial charge in [-0.1, -0.05) is 12.1 Å². The normalized spacial score (nSPS) is 13.8. The molecule has 5 nitrogen and oxygen atoms in total. The average Bonchev–Trinajstić information content (AvgIpc) is 2.37. The third kappa shape index (κ3) is 4.36. The summed E-state index contributed by atoms with van der Waals surface area (Å²) in [5, 5.41) is 18.0. The summed E-state index contributed by atoms with van der Waals surface area (Å²) < 4.78 is 0. The lowest BCUT2D eigenvalue weighted by Crippen LogP contribution is -2.36. The Morgan fingerprint density at radius 1 is 1.47 bits per heavy atom. The van der Waals surface area contributed by atoms with E-state index in [9.17, 15) is 9.90 Å². The Morgan fingerprint density at radius 3 is 2.47 bits per heavy atom. The number of nitrogens with two attached hydrogens (primary N) is 1. The summed E-state index contributed by atoms with van der Waals surface area (Å²) in [7, 11) is 1.79. The summed E-state index contributed by atoms with van der Waals surface area (Å²) in [6.45, 7) is 2.26. The number of primary amides is 1. The fourth-order valence-corrected chi connectivity index (χ4v) is 1.90. The van der Waals surface area contributed by atoms with Gasteiger partial charge in [-0.15, -0.1) is 0 Å². The number of rotatable bonds is 6. The zero-order valence-corrected chi connectivity index (χ0v) is 11.2. The van der Waals surface area contributed by atoms with Crippen molar-refractivity contribution in [3.63, 3.8) is 0 Å². The van der Waals surface area contributed by atoms with Crippen LogP contribution in [0.2, 0.25) is 0 Å². The molecule has 19 heavy (non-hydrogen) atoms. The van der Waals surface area contributed by atoms with E-state index in [2.05, 4.69) is 0 Å².